The highest BCUT2D eigenvalue weighted by molar-refractivity contribution is 7.88. The van der Waals surface area contributed by atoms with Crippen LogP contribution in [0.1, 0.15) is 50.4 Å². The number of imidazole rings is 1. The summed E-state index contributed by atoms with van der Waals surface area (Å²) in [7, 11) is -0.550. The van der Waals surface area contributed by atoms with Gasteiger partial charge in [0.15, 0.2) is 0 Å². The second-order valence-corrected chi connectivity index (χ2v) is 10.1. The predicted molar refractivity (Wildman–Crippen MR) is 112 cm³/mol. The van der Waals surface area contributed by atoms with E-state index in [-0.39, 0.29) is 11.1 Å². The highest BCUT2D eigenvalue weighted by Gasteiger charge is 2.32. The molecule has 29 heavy (non-hydrogen) atoms. The van der Waals surface area contributed by atoms with Gasteiger partial charge in [-0.2, -0.15) is 0 Å². The Morgan fingerprint density at radius 2 is 1.97 bits per heavy atom. The van der Waals surface area contributed by atoms with Crippen LogP contribution in [-0.4, -0.2) is 47.8 Å². The van der Waals surface area contributed by atoms with Gasteiger partial charge in [-0.3, -0.25) is 4.90 Å². The second-order valence-electron chi connectivity index (χ2n) is 8.06. The van der Waals surface area contributed by atoms with Crippen LogP contribution in [0, 0.1) is 0 Å². The molecule has 3 aromatic rings. The lowest BCUT2D eigenvalue weighted by Crippen LogP contribution is -2.25. The molecule has 0 saturated carbocycles. The number of furan rings is 1. The van der Waals surface area contributed by atoms with Crippen LogP contribution in [0.5, 0.6) is 0 Å². The fourth-order valence-corrected chi connectivity index (χ4v) is 4.92. The zero-order valence-corrected chi connectivity index (χ0v) is 18.2. The van der Waals surface area contributed by atoms with Crippen LogP contribution in [0.4, 0.5) is 0 Å². The number of hydrogen-bond donors (Lipinski definition) is 0. The summed E-state index contributed by atoms with van der Waals surface area (Å²) in [5, 5.41) is -0.0114. The van der Waals surface area contributed by atoms with E-state index in [1.165, 1.54) is 18.4 Å². The molecule has 156 valence electrons. The zero-order valence-electron chi connectivity index (χ0n) is 17.4. The fraction of sp³-hybridized carbons (Fsp3) is 0.476. The maximum Gasteiger partial charge on any atom is 0.275 e. The van der Waals surface area contributed by atoms with Crippen LogP contribution in [-0.2, 0) is 16.6 Å². The first-order chi connectivity index (χ1) is 13.8. The van der Waals surface area contributed by atoms with Crippen LogP contribution in [0.15, 0.2) is 45.9 Å². The summed E-state index contributed by atoms with van der Waals surface area (Å²) >= 11 is 0. The molecule has 1 aliphatic heterocycles. The van der Waals surface area contributed by atoms with Gasteiger partial charge in [-0.1, -0.05) is 12.1 Å². The van der Waals surface area contributed by atoms with Gasteiger partial charge in [0.05, 0.1) is 23.6 Å². The number of benzene rings is 1. The first kappa shape index (κ1) is 20.1. The largest absolute Gasteiger partial charge is 0.447 e. The molecule has 1 atom stereocenters. The predicted octanol–water partition coefficient (Wildman–Crippen LogP) is 3.80. The van der Waals surface area contributed by atoms with Gasteiger partial charge >= 0.3 is 0 Å². The summed E-state index contributed by atoms with van der Waals surface area (Å²) in [6.45, 7) is 5.86. The molecule has 0 spiro atoms. The average molecular weight is 417 g/mol. The third-order valence-corrected chi connectivity index (χ3v) is 7.22. The van der Waals surface area contributed by atoms with E-state index in [0.29, 0.717) is 18.3 Å². The summed E-state index contributed by atoms with van der Waals surface area (Å²) < 4.78 is 33.8. The number of likely N-dealkylation sites (tertiary alicyclic amines) is 1. The van der Waals surface area contributed by atoms with E-state index in [1.807, 2.05) is 6.07 Å². The number of nitrogens with zero attached hydrogens (tertiary/aromatic N) is 4. The summed E-state index contributed by atoms with van der Waals surface area (Å²) in [4.78, 5) is 7.30. The molecule has 3 heterocycles. The van der Waals surface area contributed by atoms with Crippen molar-refractivity contribution >= 4 is 21.1 Å². The number of sulfonamides is 1. The quantitative estimate of drug-likeness (QED) is 0.611. The minimum atomic E-state index is -3.56. The van der Waals surface area contributed by atoms with E-state index in [9.17, 15) is 8.42 Å². The van der Waals surface area contributed by atoms with Crippen molar-refractivity contribution in [2.45, 2.75) is 50.4 Å². The van der Waals surface area contributed by atoms with Gasteiger partial charge in [0.2, 0.25) is 5.09 Å². The Morgan fingerprint density at radius 3 is 2.69 bits per heavy atom. The van der Waals surface area contributed by atoms with E-state index in [2.05, 4.69) is 41.5 Å². The second kappa shape index (κ2) is 7.59. The summed E-state index contributed by atoms with van der Waals surface area (Å²) in [6, 6.07) is 12.0. The maximum atomic E-state index is 12.3. The van der Waals surface area contributed by atoms with Crippen LogP contribution < -0.4 is 0 Å². The molecule has 7 nitrogen and oxygen atoms in total. The van der Waals surface area contributed by atoms with Gasteiger partial charge in [0, 0.05) is 20.1 Å². The van der Waals surface area contributed by atoms with Crippen molar-refractivity contribution in [3.05, 3.63) is 48.0 Å². The molecule has 0 N–H and O–H groups in total. The molecule has 4 rings (SSSR count). The third kappa shape index (κ3) is 3.60. The van der Waals surface area contributed by atoms with Crippen LogP contribution in [0.2, 0.25) is 0 Å². The van der Waals surface area contributed by atoms with Crippen LogP contribution in [0.25, 0.3) is 11.0 Å². The van der Waals surface area contributed by atoms with Gasteiger partial charge in [-0.05, 0) is 57.5 Å². The van der Waals surface area contributed by atoms with Crippen molar-refractivity contribution in [1.82, 2.24) is 18.8 Å². The molecule has 1 fully saturated rings. The Hall–Kier alpha value is -2.16. The van der Waals surface area contributed by atoms with Crippen molar-refractivity contribution < 1.29 is 12.8 Å². The van der Waals surface area contributed by atoms with Gasteiger partial charge in [-0.15, -0.1) is 0 Å². The third-order valence-electron chi connectivity index (χ3n) is 5.53. The molecular weight excluding hydrogens is 388 g/mol. The molecule has 0 amide bonds. The van der Waals surface area contributed by atoms with Crippen LogP contribution in [0.3, 0.4) is 0 Å². The maximum absolute atomic E-state index is 12.3. The van der Waals surface area contributed by atoms with Gasteiger partial charge in [-0.25, -0.2) is 17.7 Å². The molecule has 0 bridgehead atoms. The molecule has 0 unspecified atom stereocenters. The standard InChI is InChI=1S/C21H28N4O3S/c1-15(2)25-18-9-6-5-8-17(18)22-21(25)19-10-7-13-24(19)14-16-11-12-20(28-16)29(26,27)23(3)4/h5-6,8-9,11-12,15,19H,7,10,13-14H2,1-4H3/t19-/m1/s1. The Bertz CT molecular complexity index is 1110. The van der Waals surface area contributed by atoms with E-state index in [1.54, 1.807) is 12.1 Å². The van der Waals surface area contributed by atoms with Gasteiger partial charge in [0.1, 0.15) is 11.6 Å². The van der Waals surface area contributed by atoms with Crippen molar-refractivity contribution in [2.75, 3.05) is 20.6 Å². The molecule has 2 aromatic heterocycles. The van der Waals surface area contributed by atoms with Gasteiger partial charge in [0.25, 0.3) is 10.0 Å². The molecular formula is C21H28N4O3S. The van der Waals surface area contributed by atoms with E-state index in [4.69, 9.17) is 9.40 Å². The van der Waals surface area contributed by atoms with Gasteiger partial charge < -0.3 is 8.98 Å². The van der Waals surface area contributed by atoms with E-state index in [0.717, 1.165) is 36.2 Å². The summed E-state index contributed by atoms with van der Waals surface area (Å²) in [5.41, 5.74) is 2.17. The number of rotatable bonds is 6. The highest BCUT2D eigenvalue weighted by atomic mass is 32.2. The highest BCUT2D eigenvalue weighted by Crippen LogP contribution is 2.36. The minimum absolute atomic E-state index is 0.0114. The Morgan fingerprint density at radius 1 is 1.21 bits per heavy atom. The first-order valence-corrected chi connectivity index (χ1v) is 11.4. The van der Waals surface area contributed by atoms with Crippen molar-refractivity contribution in [3.8, 4) is 0 Å². The molecule has 8 heteroatoms. The number of hydrogen-bond acceptors (Lipinski definition) is 5. The van der Waals surface area contributed by atoms with E-state index < -0.39 is 10.0 Å². The number of para-hydroxylation sites is 2. The molecule has 0 radical (unpaired) electrons. The van der Waals surface area contributed by atoms with Crippen molar-refractivity contribution in [2.24, 2.45) is 0 Å². The topological polar surface area (TPSA) is 71.6 Å². The summed E-state index contributed by atoms with van der Waals surface area (Å²) in [5.74, 6) is 1.73. The molecule has 1 aliphatic rings. The smallest absolute Gasteiger partial charge is 0.275 e. The Balaban J connectivity index is 1.64. The monoisotopic (exact) mass is 416 g/mol. The van der Waals surface area contributed by atoms with E-state index >= 15 is 0 Å². The number of aromatic nitrogens is 2. The van der Waals surface area contributed by atoms with Crippen molar-refractivity contribution in [3.63, 3.8) is 0 Å². The zero-order chi connectivity index (χ0) is 20.8. The first-order valence-electron chi connectivity index (χ1n) is 10.0. The lowest BCUT2D eigenvalue weighted by molar-refractivity contribution is 0.210. The average Bonchev–Trinajstić information content (AvgIpc) is 3.39. The molecule has 1 saturated heterocycles. The molecule has 0 aliphatic carbocycles. The summed E-state index contributed by atoms with van der Waals surface area (Å²) in [6.07, 6.45) is 2.11. The molecule has 1 aromatic carbocycles. The number of fused-ring (bicyclic) bond motifs is 1. The van der Waals surface area contributed by atoms with Crippen molar-refractivity contribution in [1.29, 1.82) is 0 Å². The lowest BCUT2D eigenvalue weighted by Gasteiger charge is -2.25. The normalized spacial score (nSPS) is 18.5. The minimum Gasteiger partial charge on any atom is -0.447 e. The lowest BCUT2D eigenvalue weighted by atomic mass is 10.2. The van der Waals surface area contributed by atoms with Crippen LogP contribution >= 0.6 is 0 Å². The fourth-order valence-electron chi connectivity index (χ4n) is 4.11. The Labute approximate surface area is 172 Å². The SMILES string of the molecule is CC(C)n1c([C@H]2CCCN2Cc2ccc(S(=O)(=O)N(C)C)o2)nc2ccccc21. The Kier molecular flexibility index (Phi) is 5.27.